The minimum absolute atomic E-state index is 1.04. The third kappa shape index (κ3) is 1.01. The molecule has 2 nitrogen and oxygen atoms in total. The first-order valence-corrected chi connectivity index (χ1v) is 4.23. The average molecular weight is 164 g/mol. The molecular weight excluding hydrogens is 156 g/mol. The van der Waals surface area contributed by atoms with Crippen LogP contribution in [-0.4, -0.2) is 9.36 Å². The minimum Gasteiger partial charge on any atom is -0.243 e. The molecule has 0 aromatic carbocycles. The molecule has 0 N–H and O–H groups in total. The monoisotopic (exact) mass is 164 g/mol. The lowest BCUT2D eigenvalue weighted by Crippen LogP contribution is -1.76. The van der Waals surface area contributed by atoms with Crippen molar-refractivity contribution in [2.45, 2.75) is 13.8 Å². The molecule has 0 fully saturated rings. The summed E-state index contributed by atoms with van der Waals surface area (Å²) in [4.78, 5) is 5.29. The second-order valence-electron chi connectivity index (χ2n) is 2.63. The zero-order chi connectivity index (χ0) is 7.84. The second-order valence-corrected chi connectivity index (χ2v) is 3.39. The zero-order valence-corrected chi connectivity index (χ0v) is 7.27. The fourth-order valence-corrected chi connectivity index (χ4v) is 1.78. The molecule has 0 spiro atoms. The van der Waals surface area contributed by atoms with E-state index in [1.54, 1.807) is 0 Å². The third-order valence-corrected chi connectivity index (χ3v) is 2.51. The molecular formula is C8H8N2S. The maximum absolute atomic E-state index is 4.26. The molecule has 2 aromatic heterocycles. The second kappa shape index (κ2) is 2.27. The Morgan fingerprint density at radius 3 is 3.00 bits per heavy atom. The van der Waals surface area contributed by atoms with Crippen LogP contribution in [0.5, 0.6) is 0 Å². The molecule has 0 atom stereocenters. The fourth-order valence-electron chi connectivity index (χ4n) is 1.05. The summed E-state index contributed by atoms with van der Waals surface area (Å²) in [6.45, 7) is 4.06. The summed E-state index contributed by atoms with van der Waals surface area (Å²) >= 11 is 1.46. The van der Waals surface area contributed by atoms with E-state index in [0.29, 0.717) is 0 Å². The molecule has 2 aromatic rings. The smallest absolute Gasteiger partial charge is 0.143 e. The Labute approximate surface area is 69.1 Å². The van der Waals surface area contributed by atoms with Gasteiger partial charge in [0.2, 0.25) is 0 Å². The van der Waals surface area contributed by atoms with Crippen molar-refractivity contribution in [1.82, 2.24) is 9.36 Å². The number of fused-ring (bicyclic) bond motifs is 1. The topological polar surface area (TPSA) is 25.8 Å². The van der Waals surface area contributed by atoms with Crippen LogP contribution in [0.15, 0.2) is 12.3 Å². The van der Waals surface area contributed by atoms with Gasteiger partial charge in [0.1, 0.15) is 4.83 Å². The van der Waals surface area contributed by atoms with E-state index in [2.05, 4.69) is 15.4 Å². The number of hydrogen-bond donors (Lipinski definition) is 0. The van der Waals surface area contributed by atoms with Gasteiger partial charge in [-0.2, -0.15) is 4.37 Å². The number of pyridine rings is 1. The molecule has 11 heavy (non-hydrogen) atoms. The van der Waals surface area contributed by atoms with Gasteiger partial charge in [0.15, 0.2) is 0 Å². The average Bonchev–Trinajstić information content (AvgIpc) is 2.33. The largest absolute Gasteiger partial charge is 0.243 e. The van der Waals surface area contributed by atoms with E-state index < -0.39 is 0 Å². The Morgan fingerprint density at radius 1 is 1.36 bits per heavy atom. The highest BCUT2D eigenvalue weighted by atomic mass is 32.1. The summed E-state index contributed by atoms with van der Waals surface area (Å²) in [6.07, 6.45) is 1.87. The van der Waals surface area contributed by atoms with Crippen LogP contribution < -0.4 is 0 Å². The van der Waals surface area contributed by atoms with Crippen LogP contribution >= 0.6 is 11.5 Å². The van der Waals surface area contributed by atoms with Gasteiger partial charge in [0, 0.05) is 11.6 Å². The van der Waals surface area contributed by atoms with Crippen LogP contribution in [0, 0.1) is 13.8 Å². The maximum Gasteiger partial charge on any atom is 0.143 e. The Morgan fingerprint density at radius 2 is 2.18 bits per heavy atom. The van der Waals surface area contributed by atoms with Gasteiger partial charge >= 0.3 is 0 Å². The normalized spacial score (nSPS) is 10.7. The highest BCUT2D eigenvalue weighted by Crippen LogP contribution is 2.19. The predicted octanol–water partition coefficient (Wildman–Crippen LogP) is 2.31. The molecule has 0 saturated heterocycles. The number of nitrogens with zero attached hydrogens (tertiary/aromatic N) is 2. The van der Waals surface area contributed by atoms with E-state index in [1.807, 2.05) is 20.0 Å². The van der Waals surface area contributed by atoms with E-state index in [4.69, 9.17) is 0 Å². The van der Waals surface area contributed by atoms with Crippen LogP contribution in [0.25, 0.3) is 10.2 Å². The summed E-state index contributed by atoms with van der Waals surface area (Å²) in [7, 11) is 0. The van der Waals surface area contributed by atoms with Crippen molar-refractivity contribution >= 4 is 21.7 Å². The molecule has 0 aliphatic rings. The molecule has 0 aliphatic carbocycles. The van der Waals surface area contributed by atoms with Gasteiger partial charge in [0.25, 0.3) is 0 Å². The van der Waals surface area contributed by atoms with Crippen LogP contribution in [0.1, 0.15) is 11.3 Å². The van der Waals surface area contributed by atoms with Crippen molar-refractivity contribution in [3.8, 4) is 0 Å². The van der Waals surface area contributed by atoms with E-state index >= 15 is 0 Å². The van der Waals surface area contributed by atoms with Gasteiger partial charge in [-0.1, -0.05) is 0 Å². The minimum atomic E-state index is 1.04. The molecule has 56 valence electrons. The molecule has 0 aliphatic heterocycles. The standard InChI is InChI=1S/C8H8N2S/c1-5-3-7-6(2)10-11-8(7)9-4-5/h3-4H,1-2H3. The summed E-state index contributed by atoms with van der Waals surface area (Å²) in [6, 6.07) is 2.13. The van der Waals surface area contributed by atoms with Gasteiger partial charge in [-0.15, -0.1) is 0 Å². The maximum atomic E-state index is 4.26. The van der Waals surface area contributed by atoms with Gasteiger partial charge in [-0.05, 0) is 37.0 Å². The summed E-state index contributed by atoms with van der Waals surface area (Å²) in [5.74, 6) is 0. The first-order chi connectivity index (χ1) is 5.27. The van der Waals surface area contributed by atoms with E-state index in [-0.39, 0.29) is 0 Å². The summed E-state index contributed by atoms with van der Waals surface area (Å²) < 4.78 is 4.22. The van der Waals surface area contributed by atoms with E-state index in [9.17, 15) is 0 Å². The Balaban J connectivity index is 2.87. The van der Waals surface area contributed by atoms with Gasteiger partial charge in [-0.25, -0.2) is 4.98 Å². The summed E-state index contributed by atoms with van der Waals surface area (Å²) in [5, 5.41) is 1.19. The highest BCUT2D eigenvalue weighted by Gasteiger charge is 2.01. The number of hydrogen-bond acceptors (Lipinski definition) is 3. The molecule has 2 rings (SSSR count). The summed E-state index contributed by atoms with van der Waals surface area (Å²) in [5.41, 5.74) is 2.28. The van der Waals surface area contributed by atoms with E-state index in [0.717, 1.165) is 10.5 Å². The molecule has 0 saturated carbocycles. The molecule has 2 heterocycles. The first-order valence-electron chi connectivity index (χ1n) is 3.46. The molecule has 0 radical (unpaired) electrons. The lowest BCUT2D eigenvalue weighted by molar-refractivity contribution is 1.33. The van der Waals surface area contributed by atoms with Crippen molar-refractivity contribution in [2.24, 2.45) is 0 Å². The molecule has 0 amide bonds. The van der Waals surface area contributed by atoms with Gasteiger partial charge in [-0.3, -0.25) is 0 Å². The van der Waals surface area contributed by atoms with Gasteiger partial charge in [0.05, 0.1) is 5.69 Å². The third-order valence-electron chi connectivity index (χ3n) is 1.65. The van der Waals surface area contributed by atoms with Crippen molar-refractivity contribution in [1.29, 1.82) is 0 Å². The zero-order valence-electron chi connectivity index (χ0n) is 6.46. The van der Waals surface area contributed by atoms with Crippen LogP contribution in [0.4, 0.5) is 0 Å². The van der Waals surface area contributed by atoms with E-state index in [1.165, 1.54) is 22.5 Å². The number of aromatic nitrogens is 2. The van der Waals surface area contributed by atoms with Crippen molar-refractivity contribution in [3.05, 3.63) is 23.5 Å². The van der Waals surface area contributed by atoms with Crippen molar-refractivity contribution < 1.29 is 0 Å². The van der Waals surface area contributed by atoms with Gasteiger partial charge < -0.3 is 0 Å². The molecule has 3 heteroatoms. The SMILES string of the molecule is Cc1cnc2snc(C)c2c1. The quantitative estimate of drug-likeness (QED) is 0.597. The van der Waals surface area contributed by atoms with Crippen molar-refractivity contribution in [3.63, 3.8) is 0 Å². The van der Waals surface area contributed by atoms with Crippen LogP contribution in [0.3, 0.4) is 0 Å². The number of rotatable bonds is 0. The predicted molar refractivity (Wildman–Crippen MR) is 46.9 cm³/mol. The fraction of sp³-hybridized carbons (Fsp3) is 0.250. The first kappa shape index (κ1) is 6.73. The lowest BCUT2D eigenvalue weighted by Gasteiger charge is -1.90. The molecule has 0 unspecified atom stereocenters. The Bertz CT molecular complexity index is 392. The lowest BCUT2D eigenvalue weighted by atomic mass is 10.2. The van der Waals surface area contributed by atoms with Crippen molar-refractivity contribution in [2.75, 3.05) is 0 Å². The highest BCUT2D eigenvalue weighted by molar-refractivity contribution is 7.12. The molecule has 0 bridgehead atoms. The Kier molecular flexibility index (Phi) is 1.39. The van der Waals surface area contributed by atoms with Crippen LogP contribution in [-0.2, 0) is 0 Å². The van der Waals surface area contributed by atoms with Crippen LogP contribution in [0.2, 0.25) is 0 Å². The Hall–Kier alpha value is -0.960. The number of aryl methyl sites for hydroxylation is 2.